The van der Waals surface area contributed by atoms with Crippen LogP contribution in [-0.2, 0) is 4.74 Å². The van der Waals surface area contributed by atoms with Gasteiger partial charge >= 0.3 is 0 Å². The minimum absolute atomic E-state index is 0.664. The van der Waals surface area contributed by atoms with E-state index in [0.717, 1.165) is 59.0 Å². The van der Waals surface area contributed by atoms with Gasteiger partial charge in [-0.1, -0.05) is 6.92 Å². The second kappa shape index (κ2) is 8.07. The Bertz CT molecular complexity index is 215. The molecule has 2 fully saturated rings. The zero-order chi connectivity index (χ0) is 12.6. The van der Waals surface area contributed by atoms with Gasteiger partial charge in [-0.25, -0.2) is 5.01 Å². The monoisotopic (exact) mass is 256 g/mol. The molecule has 0 saturated carbocycles. The van der Waals surface area contributed by atoms with Crippen molar-refractivity contribution in [1.82, 2.24) is 20.7 Å². The number of rotatable bonds is 7. The lowest BCUT2D eigenvalue weighted by molar-refractivity contribution is 0.0257. The molecule has 0 amide bonds. The Balaban J connectivity index is 1.72. The topological polar surface area (TPSA) is 39.8 Å². The first kappa shape index (κ1) is 14.2. The number of hydrogen-bond donors (Lipinski definition) is 2. The summed E-state index contributed by atoms with van der Waals surface area (Å²) in [6.07, 6.45) is 2.45. The van der Waals surface area contributed by atoms with Crippen LogP contribution in [0.15, 0.2) is 0 Å². The van der Waals surface area contributed by atoms with Gasteiger partial charge in [0, 0.05) is 45.3 Å². The summed E-state index contributed by atoms with van der Waals surface area (Å²) in [6, 6.07) is 0.664. The molecule has 0 spiro atoms. The Labute approximate surface area is 111 Å². The van der Waals surface area contributed by atoms with Crippen LogP contribution < -0.4 is 10.7 Å². The standard InChI is InChI=1S/C13H28N4O/c1-2-4-15-17(13-3-5-14-12-13)7-6-16-8-10-18-11-9-16/h13-15H,2-12H2,1H3. The largest absolute Gasteiger partial charge is 0.379 e. The van der Waals surface area contributed by atoms with Gasteiger partial charge in [-0.3, -0.25) is 10.3 Å². The third-order valence-electron chi connectivity index (χ3n) is 3.80. The molecule has 2 aliphatic heterocycles. The molecular formula is C13H28N4O. The van der Waals surface area contributed by atoms with Gasteiger partial charge in [0.05, 0.1) is 13.2 Å². The predicted molar refractivity (Wildman–Crippen MR) is 73.5 cm³/mol. The molecule has 2 aliphatic rings. The number of hydrazine groups is 1. The highest BCUT2D eigenvalue weighted by molar-refractivity contribution is 4.79. The molecule has 0 radical (unpaired) electrons. The maximum absolute atomic E-state index is 5.39. The fourth-order valence-corrected chi connectivity index (χ4v) is 2.63. The average Bonchev–Trinajstić information content (AvgIpc) is 2.94. The van der Waals surface area contributed by atoms with Crippen molar-refractivity contribution in [3.05, 3.63) is 0 Å². The summed E-state index contributed by atoms with van der Waals surface area (Å²) in [5, 5.41) is 5.91. The third kappa shape index (κ3) is 4.48. The van der Waals surface area contributed by atoms with E-state index in [1.807, 2.05) is 0 Å². The lowest BCUT2D eigenvalue weighted by Gasteiger charge is -2.33. The van der Waals surface area contributed by atoms with Crippen molar-refractivity contribution in [2.45, 2.75) is 25.8 Å². The molecule has 2 rings (SSSR count). The smallest absolute Gasteiger partial charge is 0.0594 e. The first-order chi connectivity index (χ1) is 8.90. The first-order valence-electron chi connectivity index (χ1n) is 7.41. The van der Waals surface area contributed by atoms with E-state index >= 15 is 0 Å². The molecule has 106 valence electrons. The fraction of sp³-hybridized carbons (Fsp3) is 1.00. The van der Waals surface area contributed by atoms with Crippen LogP contribution in [0.25, 0.3) is 0 Å². The molecule has 0 bridgehead atoms. The summed E-state index contributed by atoms with van der Waals surface area (Å²) in [5.74, 6) is 0. The molecule has 2 heterocycles. The third-order valence-corrected chi connectivity index (χ3v) is 3.80. The molecule has 5 nitrogen and oxygen atoms in total. The molecule has 1 atom stereocenters. The van der Waals surface area contributed by atoms with Crippen molar-refractivity contribution in [3.63, 3.8) is 0 Å². The molecule has 2 saturated heterocycles. The van der Waals surface area contributed by atoms with Crippen LogP contribution in [0.2, 0.25) is 0 Å². The molecule has 0 aromatic carbocycles. The number of nitrogens with zero attached hydrogens (tertiary/aromatic N) is 2. The van der Waals surface area contributed by atoms with E-state index in [0.29, 0.717) is 6.04 Å². The van der Waals surface area contributed by atoms with Crippen molar-refractivity contribution in [3.8, 4) is 0 Å². The van der Waals surface area contributed by atoms with Gasteiger partial charge < -0.3 is 10.1 Å². The van der Waals surface area contributed by atoms with Gasteiger partial charge in [-0.05, 0) is 19.4 Å². The number of morpholine rings is 1. The summed E-state index contributed by atoms with van der Waals surface area (Å²) in [6.45, 7) is 11.8. The van der Waals surface area contributed by atoms with Crippen LogP contribution >= 0.6 is 0 Å². The van der Waals surface area contributed by atoms with E-state index in [4.69, 9.17) is 4.74 Å². The lowest BCUT2D eigenvalue weighted by Crippen LogP contribution is -2.51. The Hall–Kier alpha value is -0.200. The minimum atomic E-state index is 0.664. The number of hydrogen-bond acceptors (Lipinski definition) is 5. The van der Waals surface area contributed by atoms with Crippen molar-refractivity contribution in [2.75, 3.05) is 59.0 Å². The Morgan fingerprint density at radius 2 is 2.22 bits per heavy atom. The quantitative estimate of drug-likeness (QED) is 0.622. The van der Waals surface area contributed by atoms with E-state index < -0.39 is 0 Å². The van der Waals surface area contributed by atoms with E-state index in [2.05, 4.69) is 27.6 Å². The highest BCUT2D eigenvalue weighted by atomic mass is 16.5. The van der Waals surface area contributed by atoms with Crippen molar-refractivity contribution < 1.29 is 4.74 Å². The van der Waals surface area contributed by atoms with Crippen LogP contribution in [0.3, 0.4) is 0 Å². The molecular weight excluding hydrogens is 228 g/mol. The Kier molecular flexibility index (Phi) is 6.37. The molecule has 5 heteroatoms. The van der Waals surface area contributed by atoms with Gasteiger partial charge in [0.2, 0.25) is 0 Å². The van der Waals surface area contributed by atoms with Crippen molar-refractivity contribution >= 4 is 0 Å². The van der Waals surface area contributed by atoms with Gasteiger partial charge in [-0.15, -0.1) is 0 Å². The zero-order valence-corrected chi connectivity index (χ0v) is 11.7. The summed E-state index contributed by atoms with van der Waals surface area (Å²) < 4.78 is 5.39. The highest BCUT2D eigenvalue weighted by Gasteiger charge is 2.22. The normalized spacial score (nSPS) is 26.0. The molecule has 18 heavy (non-hydrogen) atoms. The van der Waals surface area contributed by atoms with Crippen LogP contribution in [0.4, 0.5) is 0 Å². The average molecular weight is 256 g/mol. The molecule has 2 N–H and O–H groups in total. The minimum Gasteiger partial charge on any atom is -0.379 e. The van der Waals surface area contributed by atoms with Crippen LogP contribution in [0.5, 0.6) is 0 Å². The van der Waals surface area contributed by atoms with Crippen LogP contribution in [0.1, 0.15) is 19.8 Å². The van der Waals surface area contributed by atoms with Crippen molar-refractivity contribution in [1.29, 1.82) is 0 Å². The Morgan fingerprint density at radius 3 is 2.89 bits per heavy atom. The summed E-state index contributed by atoms with van der Waals surface area (Å²) >= 11 is 0. The maximum atomic E-state index is 5.39. The predicted octanol–water partition coefficient (Wildman–Crippen LogP) is -0.103. The van der Waals surface area contributed by atoms with E-state index in [9.17, 15) is 0 Å². The highest BCUT2D eigenvalue weighted by Crippen LogP contribution is 2.06. The molecule has 1 unspecified atom stereocenters. The summed E-state index contributed by atoms with van der Waals surface area (Å²) in [5.41, 5.74) is 3.59. The van der Waals surface area contributed by atoms with Gasteiger partial charge in [-0.2, -0.15) is 0 Å². The molecule has 0 aromatic rings. The number of nitrogens with one attached hydrogen (secondary N) is 2. The molecule has 0 aromatic heterocycles. The number of ether oxygens (including phenoxy) is 1. The zero-order valence-electron chi connectivity index (χ0n) is 11.7. The Morgan fingerprint density at radius 1 is 1.39 bits per heavy atom. The maximum Gasteiger partial charge on any atom is 0.0594 e. The van der Waals surface area contributed by atoms with Crippen LogP contribution in [0, 0.1) is 0 Å². The first-order valence-corrected chi connectivity index (χ1v) is 7.41. The summed E-state index contributed by atoms with van der Waals surface area (Å²) in [4.78, 5) is 2.51. The van der Waals surface area contributed by atoms with E-state index in [-0.39, 0.29) is 0 Å². The second-order valence-corrected chi connectivity index (χ2v) is 5.20. The van der Waals surface area contributed by atoms with E-state index in [1.165, 1.54) is 12.8 Å². The van der Waals surface area contributed by atoms with Gasteiger partial charge in [0.1, 0.15) is 0 Å². The summed E-state index contributed by atoms with van der Waals surface area (Å²) in [7, 11) is 0. The van der Waals surface area contributed by atoms with Crippen molar-refractivity contribution in [2.24, 2.45) is 0 Å². The lowest BCUT2D eigenvalue weighted by atomic mass is 10.2. The molecule has 0 aliphatic carbocycles. The van der Waals surface area contributed by atoms with Gasteiger partial charge in [0.25, 0.3) is 0 Å². The van der Waals surface area contributed by atoms with E-state index in [1.54, 1.807) is 0 Å². The van der Waals surface area contributed by atoms with Gasteiger partial charge in [0.15, 0.2) is 0 Å². The second-order valence-electron chi connectivity index (χ2n) is 5.20. The SMILES string of the molecule is CCCNN(CCN1CCOCC1)C1CCNC1. The van der Waals surface area contributed by atoms with Crippen LogP contribution in [-0.4, -0.2) is 75.0 Å². The fourth-order valence-electron chi connectivity index (χ4n) is 2.63.